The molecule has 0 radical (unpaired) electrons. The van der Waals surface area contributed by atoms with Gasteiger partial charge < -0.3 is 10.4 Å². The average molecular weight is 323 g/mol. The van der Waals surface area contributed by atoms with Gasteiger partial charge in [0.2, 0.25) is 0 Å². The van der Waals surface area contributed by atoms with Crippen molar-refractivity contribution in [1.82, 2.24) is 0 Å². The fraction of sp³-hybridized carbons (Fsp3) is 0.438. The molecule has 2 N–H and O–H groups in total. The first-order valence-corrected chi connectivity index (χ1v) is 8.96. The Morgan fingerprint density at radius 3 is 2.36 bits per heavy atom. The number of hydrogen-bond acceptors (Lipinski definition) is 5. The molecule has 0 aromatic heterocycles. The number of benzene rings is 1. The zero-order valence-electron chi connectivity index (χ0n) is 13.0. The Morgan fingerprint density at radius 2 is 1.86 bits per heavy atom. The van der Waals surface area contributed by atoms with Gasteiger partial charge in [0, 0.05) is 30.1 Å². The summed E-state index contributed by atoms with van der Waals surface area (Å²) in [6.07, 6.45) is 2.83. The van der Waals surface area contributed by atoms with Crippen molar-refractivity contribution in [2.24, 2.45) is 5.41 Å². The average Bonchev–Trinajstić information content (AvgIpc) is 2.35. The molecule has 120 valence electrons. The van der Waals surface area contributed by atoms with Crippen molar-refractivity contribution in [3.63, 3.8) is 0 Å². The molecule has 1 saturated carbocycles. The molecule has 0 heterocycles. The number of rotatable bonds is 3. The number of anilines is 1. The summed E-state index contributed by atoms with van der Waals surface area (Å²) in [5.74, 6) is -0.0657. The predicted molar refractivity (Wildman–Crippen MR) is 85.3 cm³/mol. The summed E-state index contributed by atoms with van der Waals surface area (Å²) in [7, 11) is -3.22. The van der Waals surface area contributed by atoms with E-state index in [4.69, 9.17) is 0 Å². The molecular formula is C16H21NO4S. The van der Waals surface area contributed by atoms with Crippen molar-refractivity contribution >= 4 is 21.3 Å². The topological polar surface area (TPSA) is 83.5 Å². The van der Waals surface area contributed by atoms with Gasteiger partial charge in [-0.1, -0.05) is 13.8 Å². The third-order valence-electron chi connectivity index (χ3n) is 3.74. The van der Waals surface area contributed by atoms with Crippen molar-refractivity contribution in [2.45, 2.75) is 37.7 Å². The Bertz CT molecular complexity index is 702. The lowest BCUT2D eigenvalue weighted by atomic mass is 9.73. The number of ketones is 1. The highest BCUT2D eigenvalue weighted by Gasteiger charge is 2.35. The third-order valence-corrected chi connectivity index (χ3v) is 4.87. The van der Waals surface area contributed by atoms with E-state index in [9.17, 15) is 18.3 Å². The quantitative estimate of drug-likeness (QED) is 0.833. The normalized spacial score (nSPS) is 23.5. The number of carbonyl (C=O) groups is 1. The summed E-state index contributed by atoms with van der Waals surface area (Å²) in [6, 6.07) is 6.24. The van der Waals surface area contributed by atoms with Crippen LogP contribution in [-0.4, -0.2) is 31.7 Å². The Hall–Kier alpha value is -1.66. The Labute approximate surface area is 131 Å². The number of hydrogen-bond donors (Lipinski definition) is 2. The van der Waals surface area contributed by atoms with E-state index in [2.05, 4.69) is 5.32 Å². The molecule has 1 aromatic rings. The van der Waals surface area contributed by atoms with Crippen LogP contribution in [0.5, 0.6) is 0 Å². The lowest BCUT2D eigenvalue weighted by molar-refractivity contribution is -0.121. The van der Waals surface area contributed by atoms with Crippen LogP contribution in [0.3, 0.4) is 0 Å². The van der Waals surface area contributed by atoms with Gasteiger partial charge in [0.1, 0.15) is 0 Å². The summed E-state index contributed by atoms with van der Waals surface area (Å²) in [4.78, 5) is 12.3. The Balaban J connectivity index is 2.13. The lowest BCUT2D eigenvalue weighted by Crippen LogP contribution is -2.34. The van der Waals surface area contributed by atoms with Gasteiger partial charge in [-0.05, 0) is 36.1 Å². The van der Waals surface area contributed by atoms with Gasteiger partial charge in [-0.3, -0.25) is 4.79 Å². The molecule has 1 aromatic carbocycles. The van der Waals surface area contributed by atoms with E-state index in [-0.39, 0.29) is 16.1 Å². The maximum Gasteiger partial charge on any atom is 0.175 e. The fourth-order valence-corrected chi connectivity index (χ4v) is 3.19. The summed E-state index contributed by atoms with van der Waals surface area (Å²) in [6.45, 7) is 3.92. The largest absolute Gasteiger partial charge is 0.388 e. The van der Waals surface area contributed by atoms with Gasteiger partial charge in [-0.15, -0.1) is 0 Å². The molecule has 1 unspecified atom stereocenters. The van der Waals surface area contributed by atoms with E-state index in [1.54, 1.807) is 12.1 Å². The minimum atomic E-state index is -3.22. The van der Waals surface area contributed by atoms with Crippen LogP contribution in [0, 0.1) is 5.41 Å². The summed E-state index contributed by atoms with van der Waals surface area (Å²) in [5, 5.41) is 13.0. The Morgan fingerprint density at radius 1 is 1.27 bits per heavy atom. The zero-order chi connectivity index (χ0) is 16.5. The lowest BCUT2D eigenvalue weighted by Gasteiger charge is -2.33. The minimum absolute atomic E-state index is 0.0657. The molecule has 0 spiro atoms. The highest BCUT2D eigenvalue weighted by atomic mass is 32.2. The molecule has 22 heavy (non-hydrogen) atoms. The van der Waals surface area contributed by atoms with E-state index in [0.29, 0.717) is 24.1 Å². The van der Waals surface area contributed by atoms with E-state index < -0.39 is 15.9 Å². The van der Waals surface area contributed by atoms with Crippen molar-refractivity contribution in [2.75, 3.05) is 11.6 Å². The summed E-state index contributed by atoms with van der Waals surface area (Å²) in [5.41, 5.74) is 0.835. The van der Waals surface area contributed by atoms with Crippen LogP contribution in [0.1, 0.15) is 26.7 Å². The van der Waals surface area contributed by atoms with Crippen LogP contribution in [0.4, 0.5) is 5.69 Å². The number of aliphatic hydroxyl groups excluding tert-OH is 1. The zero-order valence-corrected chi connectivity index (χ0v) is 13.8. The number of nitrogens with one attached hydrogen (secondary N) is 1. The van der Waals surface area contributed by atoms with Crippen LogP contribution in [0.2, 0.25) is 0 Å². The Kier molecular flexibility index (Phi) is 4.44. The van der Waals surface area contributed by atoms with E-state index in [0.717, 1.165) is 6.26 Å². The van der Waals surface area contributed by atoms with Gasteiger partial charge >= 0.3 is 0 Å². The first-order chi connectivity index (χ1) is 10.1. The van der Waals surface area contributed by atoms with Crippen LogP contribution < -0.4 is 5.32 Å². The van der Waals surface area contributed by atoms with Gasteiger partial charge in [-0.2, -0.15) is 0 Å². The summed E-state index contributed by atoms with van der Waals surface area (Å²) < 4.78 is 22.8. The molecular weight excluding hydrogens is 302 g/mol. The van der Waals surface area contributed by atoms with Crippen molar-refractivity contribution < 1.29 is 18.3 Å². The van der Waals surface area contributed by atoms with Crippen molar-refractivity contribution in [3.8, 4) is 0 Å². The van der Waals surface area contributed by atoms with Crippen LogP contribution in [0.25, 0.3) is 0 Å². The van der Waals surface area contributed by atoms with Crippen LogP contribution >= 0.6 is 0 Å². The van der Waals surface area contributed by atoms with Gasteiger partial charge in [0.15, 0.2) is 15.6 Å². The standard InChI is InChI=1S/C16H21NO4S/c1-16(2)8-14(18)13(15(19)9-16)10-17-11-4-6-12(7-5-11)22(3,20)21/h4-7,10,14,17-18H,8-9H2,1-3H3/b13-10+. The monoisotopic (exact) mass is 323 g/mol. The third kappa shape index (κ3) is 3.96. The molecule has 1 aliphatic rings. The van der Waals surface area contributed by atoms with Crippen LogP contribution in [0.15, 0.2) is 40.9 Å². The van der Waals surface area contributed by atoms with Gasteiger partial charge in [-0.25, -0.2) is 8.42 Å². The molecule has 0 aliphatic heterocycles. The van der Waals surface area contributed by atoms with Crippen LogP contribution in [-0.2, 0) is 14.6 Å². The van der Waals surface area contributed by atoms with E-state index >= 15 is 0 Å². The minimum Gasteiger partial charge on any atom is -0.388 e. The molecule has 5 nitrogen and oxygen atoms in total. The summed E-state index contributed by atoms with van der Waals surface area (Å²) >= 11 is 0. The first-order valence-electron chi connectivity index (χ1n) is 7.06. The van der Waals surface area contributed by atoms with Gasteiger partial charge in [0.05, 0.1) is 11.0 Å². The second-order valence-electron chi connectivity index (χ2n) is 6.52. The number of aliphatic hydroxyl groups is 1. The SMILES string of the molecule is CC1(C)CC(=O)/C(=C/Nc2ccc(S(C)(=O)=O)cc2)C(O)C1. The van der Waals surface area contributed by atoms with Crippen molar-refractivity contribution in [3.05, 3.63) is 36.0 Å². The van der Waals surface area contributed by atoms with E-state index in [1.807, 2.05) is 13.8 Å². The molecule has 0 bridgehead atoms. The second-order valence-corrected chi connectivity index (χ2v) is 8.54. The fourth-order valence-electron chi connectivity index (χ4n) is 2.56. The maximum absolute atomic E-state index is 12.1. The molecule has 0 amide bonds. The molecule has 1 atom stereocenters. The maximum atomic E-state index is 12.1. The molecule has 2 rings (SSSR count). The molecule has 1 fully saturated rings. The highest BCUT2D eigenvalue weighted by molar-refractivity contribution is 7.90. The van der Waals surface area contributed by atoms with Crippen molar-refractivity contribution in [1.29, 1.82) is 0 Å². The van der Waals surface area contributed by atoms with E-state index in [1.165, 1.54) is 18.3 Å². The predicted octanol–water partition coefficient (Wildman–Crippen LogP) is 2.14. The highest BCUT2D eigenvalue weighted by Crippen LogP contribution is 2.35. The number of sulfone groups is 1. The molecule has 6 heteroatoms. The smallest absolute Gasteiger partial charge is 0.175 e. The second kappa shape index (κ2) is 5.85. The molecule has 1 aliphatic carbocycles. The number of Topliss-reactive ketones (excluding diaryl/α,β-unsaturated/α-hetero) is 1. The first kappa shape index (κ1) is 16.7. The molecule has 0 saturated heterocycles. The van der Waals surface area contributed by atoms with Gasteiger partial charge in [0.25, 0.3) is 0 Å². The number of carbonyl (C=O) groups excluding carboxylic acids is 1.